The molecule has 1 saturated heterocycles. The summed E-state index contributed by atoms with van der Waals surface area (Å²) in [6, 6.07) is 4.47. The van der Waals surface area contributed by atoms with Gasteiger partial charge in [-0.05, 0) is 43.4 Å². The molecule has 3 N–H and O–H groups in total. The molecule has 20 heavy (non-hydrogen) atoms. The summed E-state index contributed by atoms with van der Waals surface area (Å²) in [7, 11) is -3.62. The van der Waals surface area contributed by atoms with Gasteiger partial charge in [0.2, 0.25) is 10.0 Å². The fourth-order valence-electron chi connectivity index (χ4n) is 2.53. The summed E-state index contributed by atoms with van der Waals surface area (Å²) in [5.41, 5.74) is 5.98. The minimum Gasteiger partial charge on any atom is -0.398 e. The van der Waals surface area contributed by atoms with Gasteiger partial charge in [0, 0.05) is 24.7 Å². The second-order valence-corrected chi connectivity index (χ2v) is 7.41. The van der Waals surface area contributed by atoms with Crippen LogP contribution in [0.25, 0.3) is 0 Å². The summed E-state index contributed by atoms with van der Waals surface area (Å²) in [6.45, 7) is 0.989. The molecule has 7 heteroatoms. The first-order valence-corrected chi connectivity index (χ1v) is 8.43. The van der Waals surface area contributed by atoms with Crippen molar-refractivity contribution in [2.75, 3.05) is 25.4 Å². The maximum absolute atomic E-state index is 12.6. The summed E-state index contributed by atoms with van der Waals surface area (Å²) < 4.78 is 26.7. The number of aliphatic hydroxyl groups excluding tert-OH is 1. The molecule has 1 aromatic carbocycles. The lowest BCUT2D eigenvalue weighted by molar-refractivity contribution is 0.203. The first-order chi connectivity index (χ1) is 9.45. The van der Waals surface area contributed by atoms with E-state index in [4.69, 9.17) is 22.4 Å². The number of hydrogen-bond donors (Lipinski definition) is 2. The van der Waals surface area contributed by atoms with Crippen molar-refractivity contribution in [1.82, 2.24) is 4.31 Å². The Morgan fingerprint density at radius 1 is 1.45 bits per heavy atom. The normalized spacial score (nSPS) is 21.0. The second kappa shape index (κ2) is 6.30. The third-order valence-electron chi connectivity index (χ3n) is 3.61. The molecule has 112 valence electrons. The Kier molecular flexibility index (Phi) is 4.90. The number of anilines is 1. The molecule has 1 fully saturated rings. The third-order valence-corrected chi connectivity index (χ3v) is 5.77. The minimum atomic E-state index is -3.62. The Bertz CT molecular complexity index is 575. The molecule has 1 unspecified atom stereocenters. The van der Waals surface area contributed by atoms with Gasteiger partial charge < -0.3 is 10.8 Å². The van der Waals surface area contributed by atoms with Crippen LogP contribution in [0.15, 0.2) is 23.1 Å². The van der Waals surface area contributed by atoms with E-state index in [2.05, 4.69) is 0 Å². The van der Waals surface area contributed by atoms with E-state index in [-0.39, 0.29) is 23.1 Å². The van der Waals surface area contributed by atoms with Gasteiger partial charge in [-0.3, -0.25) is 0 Å². The van der Waals surface area contributed by atoms with Crippen LogP contribution in [-0.2, 0) is 10.0 Å². The highest BCUT2D eigenvalue weighted by Gasteiger charge is 2.31. The van der Waals surface area contributed by atoms with E-state index in [1.165, 1.54) is 16.4 Å². The Hall–Kier alpha value is -0.820. The Labute approximate surface area is 124 Å². The molecule has 2 rings (SSSR count). The fraction of sp³-hybridized carbons (Fsp3) is 0.538. The third kappa shape index (κ3) is 3.25. The summed E-state index contributed by atoms with van der Waals surface area (Å²) in [4.78, 5) is 0.0645. The van der Waals surface area contributed by atoms with Crippen LogP contribution < -0.4 is 5.73 Å². The van der Waals surface area contributed by atoms with E-state index < -0.39 is 10.0 Å². The van der Waals surface area contributed by atoms with Crippen molar-refractivity contribution in [3.05, 3.63) is 23.2 Å². The number of nitrogens with zero attached hydrogens (tertiary/aromatic N) is 1. The molecule has 0 spiro atoms. The predicted octanol–water partition coefficient (Wildman–Crippen LogP) is 1.71. The standard InChI is InChI=1S/C13H19ClN2O3S/c14-11-3-4-12(15)13(8-11)20(18,19)16-6-1-2-10(9-16)5-7-17/h3-4,8,10,17H,1-2,5-7,9,15H2. The van der Waals surface area contributed by atoms with Gasteiger partial charge in [0.05, 0.1) is 5.69 Å². The minimum absolute atomic E-state index is 0.0645. The first-order valence-electron chi connectivity index (χ1n) is 6.61. The molecule has 1 aromatic rings. The summed E-state index contributed by atoms with van der Waals surface area (Å²) in [5.74, 6) is 0.198. The highest BCUT2D eigenvalue weighted by Crippen LogP contribution is 2.29. The number of hydrogen-bond acceptors (Lipinski definition) is 4. The number of sulfonamides is 1. The highest BCUT2D eigenvalue weighted by atomic mass is 35.5. The summed E-state index contributed by atoms with van der Waals surface area (Å²) in [6.07, 6.45) is 2.36. The van der Waals surface area contributed by atoms with E-state index in [0.717, 1.165) is 12.8 Å². The van der Waals surface area contributed by atoms with Gasteiger partial charge in [0.15, 0.2) is 0 Å². The molecular formula is C13H19ClN2O3S. The average molecular weight is 319 g/mol. The zero-order valence-corrected chi connectivity index (χ0v) is 12.7. The SMILES string of the molecule is Nc1ccc(Cl)cc1S(=O)(=O)N1CCCC(CCO)C1. The summed E-state index contributed by atoms with van der Waals surface area (Å²) >= 11 is 5.87. The number of aliphatic hydroxyl groups is 1. The zero-order valence-electron chi connectivity index (χ0n) is 11.1. The molecule has 0 aliphatic carbocycles. The number of nitrogens with two attached hydrogens (primary N) is 1. The molecule has 0 amide bonds. The lowest BCUT2D eigenvalue weighted by Gasteiger charge is -2.32. The van der Waals surface area contributed by atoms with E-state index in [1.54, 1.807) is 6.07 Å². The van der Waals surface area contributed by atoms with Gasteiger partial charge in [-0.2, -0.15) is 4.31 Å². The molecule has 0 bridgehead atoms. The highest BCUT2D eigenvalue weighted by molar-refractivity contribution is 7.89. The average Bonchev–Trinajstić information content (AvgIpc) is 2.42. The van der Waals surface area contributed by atoms with Crippen LogP contribution in [0.1, 0.15) is 19.3 Å². The molecule has 1 aliphatic heterocycles. The number of benzene rings is 1. The molecule has 0 aromatic heterocycles. The number of rotatable bonds is 4. The lowest BCUT2D eigenvalue weighted by Crippen LogP contribution is -2.40. The van der Waals surface area contributed by atoms with Crippen LogP contribution in [-0.4, -0.2) is 37.5 Å². The molecule has 5 nitrogen and oxygen atoms in total. The second-order valence-electron chi connectivity index (χ2n) is 5.07. The Morgan fingerprint density at radius 2 is 2.20 bits per heavy atom. The van der Waals surface area contributed by atoms with E-state index in [1.807, 2.05) is 0 Å². The van der Waals surface area contributed by atoms with Crippen LogP contribution in [0, 0.1) is 5.92 Å². The first kappa shape index (κ1) is 15.6. The van der Waals surface area contributed by atoms with Gasteiger partial charge in [-0.15, -0.1) is 0 Å². The van der Waals surface area contributed by atoms with E-state index >= 15 is 0 Å². The largest absolute Gasteiger partial charge is 0.398 e. The van der Waals surface area contributed by atoms with Crippen molar-refractivity contribution in [2.24, 2.45) is 5.92 Å². The summed E-state index contributed by atoms with van der Waals surface area (Å²) in [5, 5.41) is 9.35. The van der Waals surface area contributed by atoms with E-state index in [0.29, 0.717) is 24.5 Å². The smallest absolute Gasteiger partial charge is 0.245 e. The fourth-order valence-corrected chi connectivity index (χ4v) is 4.47. The van der Waals surface area contributed by atoms with Crippen molar-refractivity contribution >= 4 is 27.3 Å². The molecule has 0 radical (unpaired) electrons. The molecule has 1 atom stereocenters. The van der Waals surface area contributed by atoms with Crippen molar-refractivity contribution in [2.45, 2.75) is 24.2 Å². The Morgan fingerprint density at radius 3 is 2.90 bits per heavy atom. The van der Waals surface area contributed by atoms with Crippen LogP contribution in [0.2, 0.25) is 5.02 Å². The number of piperidine rings is 1. The Balaban J connectivity index is 2.27. The van der Waals surface area contributed by atoms with Gasteiger partial charge in [-0.1, -0.05) is 11.6 Å². The maximum atomic E-state index is 12.6. The van der Waals surface area contributed by atoms with Crippen molar-refractivity contribution in [3.63, 3.8) is 0 Å². The molecular weight excluding hydrogens is 300 g/mol. The van der Waals surface area contributed by atoms with Crippen LogP contribution >= 0.6 is 11.6 Å². The van der Waals surface area contributed by atoms with Gasteiger partial charge >= 0.3 is 0 Å². The topological polar surface area (TPSA) is 83.6 Å². The van der Waals surface area contributed by atoms with Gasteiger partial charge in [0.25, 0.3) is 0 Å². The number of nitrogen functional groups attached to an aromatic ring is 1. The molecule has 0 saturated carbocycles. The quantitative estimate of drug-likeness (QED) is 0.828. The predicted molar refractivity (Wildman–Crippen MR) is 79.1 cm³/mol. The maximum Gasteiger partial charge on any atom is 0.245 e. The molecule has 1 heterocycles. The van der Waals surface area contributed by atoms with Crippen molar-refractivity contribution < 1.29 is 13.5 Å². The zero-order chi connectivity index (χ0) is 14.8. The van der Waals surface area contributed by atoms with Crippen LogP contribution in [0.5, 0.6) is 0 Å². The van der Waals surface area contributed by atoms with Crippen LogP contribution in [0.3, 0.4) is 0 Å². The van der Waals surface area contributed by atoms with Crippen molar-refractivity contribution in [1.29, 1.82) is 0 Å². The van der Waals surface area contributed by atoms with E-state index in [9.17, 15) is 8.42 Å². The van der Waals surface area contributed by atoms with Gasteiger partial charge in [-0.25, -0.2) is 8.42 Å². The monoisotopic (exact) mass is 318 g/mol. The lowest BCUT2D eigenvalue weighted by atomic mass is 9.97. The molecule has 1 aliphatic rings. The van der Waals surface area contributed by atoms with Crippen molar-refractivity contribution in [3.8, 4) is 0 Å². The van der Waals surface area contributed by atoms with Gasteiger partial charge in [0.1, 0.15) is 4.90 Å². The number of halogens is 1. The van der Waals surface area contributed by atoms with Crippen LogP contribution in [0.4, 0.5) is 5.69 Å².